The Balaban J connectivity index is 2.58. The van der Waals surface area contributed by atoms with Crippen molar-refractivity contribution in [1.82, 2.24) is 0 Å². The van der Waals surface area contributed by atoms with Crippen LogP contribution < -0.4 is 5.73 Å². The summed E-state index contributed by atoms with van der Waals surface area (Å²) in [5.74, 6) is 0. The molecule has 0 amide bonds. The molecule has 0 aliphatic heterocycles. The van der Waals surface area contributed by atoms with E-state index in [9.17, 15) is 0 Å². The summed E-state index contributed by atoms with van der Waals surface area (Å²) in [7, 11) is 0. The Morgan fingerprint density at radius 1 is 1.25 bits per heavy atom. The smallest absolute Gasteiger partial charge is 0.0314 e. The molecule has 1 nitrogen and oxygen atoms in total. The molecule has 0 spiro atoms. The maximum Gasteiger partial charge on any atom is 0.0314 e. The molecule has 0 unspecified atom stereocenters. The zero-order chi connectivity index (χ0) is 8.81. The van der Waals surface area contributed by atoms with Gasteiger partial charge in [-0.3, -0.25) is 0 Å². The third-order valence-electron chi connectivity index (χ3n) is 1.58. The average molecular weight is 158 g/mol. The van der Waals surface area contributed by atoms with E-state index in [2.05, 4.69) is 0 Å². The highest BCUT2D eigenvalue weighted by Crippen LogP contribution is 2.06. The van der Waals surface area contributed by atoms with Gasteiger partial charge in [-0.05, 0) is 24.1 Å². The predicted octanol–water partition coefficient (Wildman–Crippen LogP) is 2.36. The van der Waals surface area contributed by atoms with Crippen LogP contribution >= 0.6 is 0 Å². The summed E-state index contributed by atoms with van der Waals surface area (Å²) in [5.41, 5.74) is 7.57. The van der Waals surface area contributed by atoms with E-state index in [0.717, 1.165) is 12.1 Å². The highest BCUT2D eigenvalue weighted by molar-refractivity contribution is 5.39. The van der Waals surface area contributed by atoms with Crippen LogP contribution in [0.3, 0.4) is 0 Å². The lowest BCUT2D eigenvalue weighted by Crippen LogP contribution is -1.85. The summed E-state index contributed by atoms with van der Waals surface area (Å²) in [5, 5.41) is 0. The molecule has 1 aromatic rings. The van der Waals surface area contributed by atoms with Crippen LogP contribution in [0.25, 0.3) is 0 Å². The Bertz CT molecular complexity index is 270. The van der Waals surface area contributed by atoms with E-state index in [-0.39, 0.29) is 0 Å². The predicted molar refractivity (Wildman–Crippen MR) is 52.6 cm³/mol. The lowest BCUT2D eigenvalue weighted by Gasteiger charge is -1.96. The van der Waals surface area contributed by atoms with Gasteiger partial charge in [0, 0.05) is 5.69 Å². The Morgan fingerprint density at radius 3 is 2.50 bits per heavy atom. The van der Waals surface area contributed by atoms with E-state index < -0.39 is 0 Å². The number of nitrogen functional groups attached to an aromatic ring is 1. The lowest BCUT2D eigenvalue weighted by molar-refractivity contribution is 1.27. The van der Waals surface area contributed by atoms with Gasteiger partial charge >= 0.3 is 0 Å². The lowest BCUT2D eigenvalue weighted by atomic mass is 10.1. The van der Waals surface area contributed by atoms with Crippen molar-refractivity contribution < 1.29 is 0 Å². The molecule has 0 aliphatic carbocycles. The summed E-state index contributed by atoms with van der Waals surface area (Å²) in [6.07, 6.45) is 6.26. The van der Waals surface area contributed by atoms with Gasteiger partial charge < -0.3 is 5.73 Å². The van der Waals surface area contributed by atoms with Crippen molar-refractivity contribution in [2.24, 2.45) is 0 Å². The zero-order valence-electron chi connectivity index (χ0n) is 6.90. The van der Waals surface area contributed by atoms with Gasteiger partial charge in [0.25, 0.3) is 0 Å². The number of hydrogen-bond donors (Lipinski definition) is 1. The molecule has 1 heteroatoms. The van der Waals surface area contributed by atoms with Gasteiger partial charge in [0.2, 0.25) is 0 Å². The number of benzene rings is 1. The Hall–Kier alpha value is -1.50. The SMILES string of the molecule is [CH]=CC=CCc1ccc(N)cc1. The number of rotatable bonds is 3. The molecule has 0 atom stereocenters. The molecule has 61 valence electrons. The molecule has 0 heterocycles. The molecule has 2 N–H and O–H groups in total. The summed E-state index contributed by atoms with van der Waals surface area (Å²) < 4.78 is 0. The van der Waals surface area contributed by atoms with Crippen LogP contribution in [0, 0.1) is 6.58 Å². The summed E-state index contributed by atoms with van der Waals surface area (Å²) in [4.78, 5) is 0. The maximum atomic E-state index is 5.54. The first kappa shape index (κ1) is 8.60. The van der Waals surface area contributed by atoms with E-state index in [1.54, 1.807) is 0 Å². The van der Waals surface area contributed by atoms with E-state index >= 15 is 0 Å². The van der Waals surface area contributed by atoms with Crippen molar-refractivity contribution >= 4 is 5.69 Å². The second-order valence-electron chi connectivity index (χ2n) is 2.57. The summed E-state index contributed by atoms with van der Waals surface area (Å²) in [6.45, 7) is 5.18. The number of nitrogens with two attached hydrogens (primary N) is 1. The Labute approximate surface area is 73.2 Å². The molecular formula is C11H12N. The standard InChI is InChI=1S/C11H12N/c1-2-3-4-5-10-6-8-11(12)9-7-10/h1-4,6-9H,5,12H2. The van der Waals surface area contributed by atoms with Crippen LogP contribution in [0.15, 0.2) is 42.5 Å². The van der Waals surface area contributed by atoms with E-state index in [4.69, 9.17) is 12.3 Å². The van der Waals surface area contributed by atoms with Crippen molar-refractivity contribution in [2.45, 2.75) is 6.42 Å². The van der Waals surface area contributed by atoms with Gasteiger partial charge in [0.05, 0.1) is 0 Å². The number of anilines is 1. The monoisotopic (exact) mass is 158 g/mol. The van der Waals surface area contributed by atoms with Crippen LogP contribution in [-0.4, -0.2) is 0 Å². The van der Waals surface area contributed by atoms with E-state index in [1.165, 1.54) is 11.6 Å². The van der Waals surface area contributed by atoms with Crippen LogP contribution in [-0.2, 0) is 6.42 Å². The van der Waals surface area contributed by atoms with Crippen LogP contribution in [0.2, 0.25) is 0 Å². The Kier molecular flexibility index (Phi) is 3.15. The van der Waals surface area contributed by atoms with Gasteiger partial charge in [-0.15, -0.1) is 0 Å². The van der Waals surface area contributed by atoms with Crippen LogP contribution in [0.1, 0.15) is 5.56 Å². The normalized spacial score (nSPS) is 10.3. The highest BCUT2D eigenvalue weighted by atomic mass is 14.5. The molecule has 1 radical (unpaired) electrons. The van der Waals surface area contributed by atoms with Crippen LogP contribution in [0.4, 0.5) is 5.69 Å². The molecule has 12 heavy (non-hydrogen) atoms. The van der Waals surface area contributed by atoms with Gasteiger partial charge in [-0.25, -0.2) is 0 Å². The van der Waals surface area contributed by atoms with Gasteiger partial charge in [0.1, 0.15) is 0 Å². The van der Waals surface area contributed by atoms with E-state index in [1.807, 2.05) is 36.4 Å². The van der Waals surface area contributed by atoms with Gasteiger partial charge in [-0.1, -0.05) is 36.9 Å². The zero-order valence-corrected chi connectivity index (χ0v) is 6.90. The minimum atomic E-state index is 0.799. The topological polar surface area (TPSA) is 26.0 Å². The first-order valence-corrected chi connectivity index (χ1v) is 3.87. The molecule has 0 saturated carbocycles. The number of hydrogen-bond acceptors (Lipinski definition) is 1. The number of allylic oxidation sites excluding steroid dienone is 3. The second-order valence-corrected chi connectivity index (χ2v) is 2.57. The fraction of sp³-hybridized carbons (Fsp3) is 0.0909. The molecule has 0 saturated heterocycles. The van der Waals surface area contributed by atoms with Gasteiger partial charge in [0.15, 0.2) is 0 Å². The van der Waals surface area contributed by atoms with E-state index in [0.29, 0.717) is 0 Å². The third-order valence-corrected chi connectivity index (χ3v) is 1.58. The second kappa shape index (κ2) is 4.39. The molecule has 1 rings (SSSR count). The summed E-state index contributed by atoms with van der Waals surface area (Å²) >= 11 is 0. The largest absolute Gasteiger partial charge is 0.399 e. The van der Waals surface area contributed by atoms with Gasteiger partial charge in [-0.2, -0.15) is 0 Å². The first-order chi connectivity index (χ1) is 5.83. The molecular weight excluding hydrogens is 146 g/mol. The van der Waals surface area contributed by atoms with Crippen molar-refractivity contribution in [3.05, 3.63) is 54.6 Å². The van der Waals surface area contributed by atoms with Crippen molar-refractivity contribution in [3.8, 4) is 0 Å². The average Bonchev–Trinajstić information content (AvgIpc) is 2.09. The minimum Gasteiger partial charge on any atom is -0.399 e. The first-order valence-electron chi connectivity index (χ1n) is 3.87. The third kappa shape index (κ3) is 2.62. The maximum absolute atomic E-state index is 5.54. The highest BCUT2D eigenvalue weighted by Gasteiger charge is 1.87. The van der Waals surface area contributed by atoms with Crippen molar-refractivity contribution in [2.75, 3.05) is 5.73 Å². The summed E-state index contributed by atoms with van der Waals surface area (Å²) in [6, 6.07) is 7.82. The molecule has 0 fully saturated rings. The quantitative estimate of drug-likeness (QED) is 0.530. The molecule has 0 aromatic heterocycles. The molecule has 1 aromatic carbocycles. The fourth-order valence-corrected chi connectivity index (χ4v) is 0.936. The molecule has 0 aliphatic rings. The van der Waals surface area contributed by atoms with Crippen molar-refractivity contribution in [1.29, 1.82) is 0 Å². The fourth-order valence-electron chi connectivity index (χ4n) is 0.936. The minimum absolute atomic E-state index is 0.799. The Morgan fingerprint density at radius 2 is 1.92 bits per heavy atom. The van der Waals surface area contributed by atoms with Crippen LogP contribution in [0.5, 0.6) is 0 Å². The molecule has 0 bridgehead atoms. The van der Waals surface area contributed by atoms with Crippen molar-refractivity contribution in [3.63, 3.8) is 0 Å².